The molecule has 21 heavy (non-hydrogen) atoms. The van der Waals surface area contributed by atoms with Gasteiger partial charge in [0.2, 0.25) is 15.9 Å². The molecule has 0 aromatic heterocycles. The van der Waals surface area contributed by atoms with Crippen LogP contribution in [0.3, 0.4) is 0 Å². The second-order valence-electron chi connectivity index (χ2n) is 6.80. The number of hydrogen-bond acceptors (Lipinski definition) is 4. The molecule has 0 aliphatic heterocycles. The van der Waals surface area contributed by atoms with Crippen molar-refractivity contribution >= 4 is 21.7 Å². The van der Waals surface area contributed by atoms with Gasteiger partial charge in [0.05, 0.1) is 5.75 Å². The van der Waals surface area contributed by atoms with Crippen LogP contribution >= 0.6 is 0 Å². The molecule has 120 valence electrons. The Morgan fingerprint density at radius 2 is 2.00 bits per heavy atom. The molecule has 0 saturated heterocycles. The van der Waals surface area contributed by atoms with E-state index in [-0.39, 0.29) is 35.9 Å². The first-order valence-corrected chi connectivity index (χ1v) is 9.01. The van der Waals surface area contributed by atoms with Gasteiger partial charge in [0, 0.05) is 31.8 Å². The zero-order chi connectivity index (χ0) is 15.9. The molecule has 2 atom stereocenters. The fraction of sp³-hybridized carbons (Fsp3) is 0.857. The van der Waals surface area contributed by atoms with Crippen LogP contribution in [-0.2, 0) is 19.6 Å². The van der Waals surface area contributed by atoms with Gasteiger partial charge >= 0.3 is 0 Å². The van der Waals surface area contributed by atoms with Crippen molar-refractivity contribution in [2.75, 3.05) is 18.8 Å². The fourth-order valence-electron chi connectivity index (χ4n) is 3.93. The normalized spacial score (nSPS) is 30.6. The lowest BCUT2D eigenvalue weighted by Crippen LogP contribution is -2.46. The van der Waals surface area contributed by atoms with Crippen molar-refractivity contribution < 1.29 is 18.0 Å². The standard InChI is InChI=1S/C14H24N2O4S/c1-10(17)15-6-7-16-21(19,20)9-14-5-4-11(8-12(14)18)13(14,2)3/h11,16H,4-9H2,1-3H3,(H,15,17). The van der Waals surface area contributed by atoms with Crippen LogP contribution in [0.15, 0.2) is 0 Å². The minimum Gasteiger partial charge on any atom is -0.355 e. The first kappa shape index (κ1) is 16.4. The van der Waals surface area contributed by atoms with Gasteiger partial charge in [0.1, 0.15) is 5.78 Å². The highest BCUT2D eigenvalue weighted by molar-refractivity contribution is 7.89. The second-order valence-corrected chi connectivity index (χ2v) is 8.61. The molecule has 0 radical (unpaired) electrons. The van der Waals surface area contributed by atoms with Gasteiger partial charge in [0.25, 0.3) is 0 Å². The van der Waals surface area contributed by atoms with Crippen LogP contribution in [0.25, 0.3) is 0 Å². The molecule has 1 amide bonds. The van der Waals surface area contributed by atoms with E-state index in [0.717, 1.165) is 6.42 Å². The smallest absolute Gasteiger partial charge is 0.216 e. The number of ketones is 1. The van der Waals surface area contributed by atoms with Crippen molar-refractivity contribution in [1.82, 2.24) is 10.0 Å². The lowest BCUT2D eigenvalue weighted by molar-refractivity contribution is -0.128. The van der Waals surface area contributed by atoms with E-state index >= 15 is 0 Å². The Hall–Kier alpha value is -0.950. The first-order valence-electron chi connectivity index (χ1n) is 7.36. The van der Waals surface area contributed by atoms with E-state index in [1.165, 1.54) is 6.92 Å². The SMILES string of the molecule is CC(=O)NCCNS(=O)(=O)CC12CCC(CC1=O)C2(C)C. The third-order valence-corrected chi connectivity index (χ3v) is 6.91. The molecule has 2 N–H and O–H groups in total. The largest absolute Gasteiger partial charge is 0.355 e. The molecule has 0 spiro atoms. The quantitative estimate of drug-likeness (QED) is 0.695. The van der Waals surface area contributed by atoms with Gasteiger partial charge in [-0.3, -0.25) is 9.59 Å². The summed E-state index contributed by atoms with van der Waals surface area (Å²) in [5.41, 5.74) is -0.992. The van der Waals surface area contributed by atoms with E-state index in [9.17, 15) is 18.0 Å². The number of rotatable bonds is 6. The molecule has 2 bridgehead atoms. The van der Waals surface area contributed by atoms with Gasteiger partial charge < -0.3 is 5.32 Å². The summed E-state index contributed by atoms with van der Waals surface area (Å²) in [7, 11) is -3.53. The predicted octanol–water partition coefficient (Wildman–Crippen LogP) is 0.437. The minimum absolute atomic E-state index is 0.0935. The maximum atomic E-state index is 12.3. The van der Waals surface area contributed by atoms with Gasteiger partial charge in [0.15, 0.2) is 0 Å². The maximum Gasteiger partial charge on any atom is 0.216 e. The zero-order valence-electron chi connectivity index (χ0n) is 12.9. The highest BCUT2D eigenvalue weighted by Crippen LogP contribution is 2.64. The van der Waals surface area contributed by atoms with E-state index in [2.05, 4.69) is 10.0 Å². The number of fused-ring (bicyclic) bond motifs is 2. The van der Waals surface area contributed by atoms with Crippen LogP contribution in [0.5, 0.6) is 0 Å². The van der Waals surface area contributed by atoms with Crippen LogP contribution in [-0.4, -0.2) is 39.0 Å². The minimum atomic E-state index is -3.53. The highest BCUT2D eigenvalue weighted by Gasteiger charge is 2.65. The molecule has 2 saturated carbocycles. The van der Waals surface area contributed by atoms with Crippen molar-refractivity contribution in [3.05, 3.63) is 0 Å². The summed E-state index contributed by atoms with van der Waals surface area (Å²) in [4.78, 5) is 23.1. The van der Waals surface area contributed by atoms with Gasteiger partial charge in [-0.1, -0.05) is 13.8 Å². The summed E-state index contributed by atoms with van der Waals surface area (Å²) in [6.07, 6.45) is 2.10. The number of amides is 1. The molecule has 2 aliphatic carbocycles. The van der Waals surface area contributed by atoms with Crippen molar-refractivity contribution in [1.29, 1.82) is 0 Å². The molecule has 7 heteroatoms. The topological polar surface area (TPSA) is 92.3 Å². The van der Waals surface area contributed by atoms with E-state index in [1.54, 1.807) is 0 Å². The third-order valence-electron chi connectivity index (χ3n) is 5.40. The van der Waals surface area contributed by atoms with Crippen molar-refractivity contribution in [2.45, 2.75) is 40.0 Å². The Morgan fingerprint density at radius 3 is 2.48 bits per heavy atom. The summed E-state index contributed by atoms with van der Waals surface area (Å²) < 4.78 is 27.0. The Kier molecular flexibility index (Phi) is 4.19. The molecule has 6 nitrogen and oxygen atoms in total. The number of nitrogens with one attached hydrogen (secondary N) is 2. The van der Waals surface area contributed by atoms with Crippen molar-refractivity contribution in [3.8, 4) is 0 Å². The number of carbonyl (C=O) groups excluding carboxylic acids is 2. The number of sulfonamides is 1. The van der Waals surface area contributed by atoms with Gasteiger partial charge in [-0.2, -0.15) is 0 Å². The van der Waals surface area contributed by atoms with Gasteiger partial charge in [-0.15, -0.1) is 0 Å². The molecule has 0 aromatic carbocycles. The van der Waals surface area contributed by atoms with Crippen LogP contribution < -0.4 is 10.0 Å². The lowest BCUT2D eigenvalue weighted by Gasteiger charge is -2.36. The summed E-state index contributed by atoms with van der Waals surface area (Å²) in [5.74, 6) is 0.0664. The number of hydrogen-bond donors (Lipinski definition) is 2. The van der Waals surface area contributed by atoms with Crippen LogP contribution in [0.2, 0.25) is 0 Å². The summed E-state index contributed by atoms with van der Waals surface area (Å²) in [6.45, 7) is 5.81. The number of carbonyl (C=O) groups is 2. The monoisotopic (exact) mass is 316 g/mol. The van der Waals surface area contributed by atoms with E-state index in [1.807, 2.05) is 13.8 Å². The molecule has 2 aliphatic rings. The molecule has 0 aromatic rings. The van der Waals surface area contributed by atoms with Crippen molar-refractivity contribution in [2.24, 2.45) is 16.7 Å². The fourth-order valence-corrected chi connectivity index (χ4v) is 5.77. The van der Waals surface area contributed by atoms with Gasteiger partial charge in [-0.05, 0) is 24.2 Å². The average Bonchev–Trinajstić information content (AvgIpc) is 2.68. The highest BCUT2D eigenvalue weighted by atomic mass is 32.2. The molecule has 2 rings (SSSR count). The summed E-state index contributed by atoms with van der Waals surface area (Å²) >= 11 is 0. The molecular weight excluding hydrogens is 292 g/mol. The molecule has 0 heterocycles. The Bertz CT molecular complexity index is 555. The van der Waals surface area contributed by atoms with E-state index in [4.69, 9.17) is 0 Å². The van der Waals surface area contributed by atoms with E-state index in [0.29, 0.717) is 18.8 Å². The van der Waals surface area contributed by atoms with Crippen LogP contribution in [0.4, 0.5) is 0 Å². The summed E-state index contributed by atoms with van der Waals surface area (Å²) in [6, 6.07) is 0. The third kappa shape index (κ3) is 2.85. The molecular formula is C14H24N2O4S. The lowest BCUT2D eigenvalue weighted by atomic mass is 9.70. The average molecular weight is 316 g/mol. The van der Waals surface area contributed by atoms with Crippen molar-refractivity contribution in [3.63, 3.8) is 0 Å². The van der Waals surface area contributed by atoms with Crippen LogP contribution in [0.1, 0.15) is 40.0 Å². The number of Topliss-reactive ketones (excluding diaryl/α,β-unsaturated/α-hetero) is 1. The summed E-state index contributed by atoms with van der Waals surface area (Å²) in [5, 5.41) is 2.54. The Balaban J connectivity index is 2.02. The Morgan fingerprint density at radius 1 is 1.33 bits per heavy atom. The second kappa shape index (κ2) is 5.35. The Labute approximate surface area is 126 Å². The van der Waals surface area contributed by atoms with Crippen LogP contribution in [0, 0.1) is 16.7 Å². The molecule has 2 fully saturated rings. The zero-order valence-corrected chi connectivity index (χ0v) is 13.7. The van der Waals surface area contributed by atoms with Gasteiger partial charge in [-0.25, -0.2) is 13.1 Å². The predicted molar refractivity (Wildman–Crippen MR) is 79.0 cm³/mol. The molecule has 2 unspecified atom stereocenters. The maximum absolute atomic E-state index is 12.3. The van der Waals surface area contributed by atoms with E-state index < -0.39 is 15.4 Å². The first-order chi connectivity index (χ1) is 9.61.